The van der Waals surface area contributed by atoms with Crippen molar-refractivity contribution >= 4 is 12.2 Å². The highest BCUT2D eigenvalue weighted by Crippen LogP contribution is 2.17. The third-order valence-electron chi connectivity index (χ3n) is 4.07. The van der Waals surface area contributed by atoms with Crippen LogP contribution in [0.5, 0.6) is 11.5 Å². The molecule has 0 N–H and O–H groups in total. The molecule has 0 unspecified atom stereocenters. The fourth-order valence-electron chi connectivity index (χ4n) is 2.47. The topological polar surface area (TPSA) is 18.5 Å². The number of ether oxygens (including phenoxy) is 2. The van der Waals surface area contributed by atoms with Crippen LogP contribution in [0.1, 0.15) is 22.3 Å². The Bertz CT molecular complexity index is 770. The molecule has 0 spiro atoms. The number of hydrogen-bond donors (Lipinski definition) is 0. The first-order valence-corrected chi connectivity index (χ1v) is 8.55. The van der Waals surface area contributed by atoms with E-state index in [2.05, 4.69) is 37.4 Å². The molecular formula is C24H22O2. The van der Waals surface area contributed by atoms with Gasteiger partial charge in [0.15, 0.2) is 0 Å². The lowest BCUT2D eigenvalue weighted by atomic mass is 10.1. The van der Waals surface area contributed by atoms with E-state index in [1.807, 2.05) is 60.7 Å². The van der Waals surface area contributed by atoms with Crippen molar-refractivity contribution in [3.8, 4) is 11.5 Å². The summed E-state index contributed by atoms with van der Waals surface area (Å²) in [6, 6.07) is 24.1. The van der Waals surface area contributed by atoms with Gasteiger partial charge in [-0.3, -0.25) is 0 Å². The second-order valence-corrected chi connectivity index (χ2v) is 5.94. The minimum absolute atomic E-state index is 0.539. The van der Waals surface area contributed by atoms with E-state index in [0.717, 1.165) is 33.8 Å². The SMILES string of the molecule is C=Cc1ccc(OCc2ccc(COc3ccc(C=C)cc3)cc2)cc1. The van der Waals surface area contributed by atoms with Crippen molar-refractivity contribution in [2.45, 2.75) is 13.2 Å². The van der Waals surface area contributed by atoms with Gasteiger partial charge < -0.3 is 9.47 Å². The van der Waals surface area contributed by atoms with Crippen LogP contribution in [0.3, 0.4) is 0 Å². The molecule has 0 radical (unpaired) electrons. The molecule has 130 valence electrons. The van der Waals surface area contributed by atoms with E-state index in [1.165, 1.54) is 0 Å². The van der Waals surface area contributed by atoms with Crippen LogP contribution < -0.4 is 9.47 Å². The van der Waals surface area contributed by atoms with E-state index in [4.69, 9.17) is 9.47 Å². The Labute approximate surface area is 155 Å². The summed E-state index contributed by atoms with van der Waals surface area (Å²) >= 11 is 0. The Hall–Kier alpha value is -3.26. The highest BCUT2D eigenvalue weighted by atomic mass is 16.5. The van der Waals surface area contributed by atoms with Crippen molar-refractivity contribution in [2.24, 2.45) is 0 Å². The second-order valence-electron chi connectivity index (χ2n) is 5.94. The summed E-state index contributed by atoms with van der Waals surface area (Å²) in [4.78, 5) is 0. The van der Waals surface area contributed by atoms with E-state index in [-0.39, 0.29) is 0 Å². The zero-order valence-electron chi connectivity index (χ0n) is 14.7. The summed E-state index contributed by atoms with van der Waals surface area (Å²) in [6.07, 6.45) is 3.64. The summed E-state index contributed by atoms with van der Waals surface area (Å²) in [7, 11) is 0. The minimum Gasteiger partial charge on any atom is -0.489 e. The molecule has 0 atom stereocenters. The van der Waals surface area contributed by atoms with Crippen molar-refractivity contribution in [1.82, 2.24) is 0 Å². The maximum Gasteiger partial charge on any atom is 0.119 e. The van der Waals surface area contributed by atoms with Crippen LogP contribution in [0, 0.1) is 0 Å². The highest BCUT2D eigenvalue weighted by Gasteiger charge is 1.99. The third-order valence-corrected chi connectivity index (χ3v) is 4.07. The minimum atomic E-state index is 0.539. The Balaban J connectivity index is 1.50. The largest absolute Gasteiger partial charge is 0.489 e. The summed E-state index contributed by atoms with van der Waals surface area (Å²) in [5, 5.41) is 0. The first kappa shape index (κ1) is 17.6. The van der Waals surface area contributed by atoms with Crippen LogP contribution in [-0.4, -0.2) is 0 Å². The van der Waals surface area contributed by atoms with Gasteiger partial charge in [-0.1, -0.05) is 73.8 Å². The Morgan fingerprint density at radius 2 is 0.885 bits per heavy atom. The lowest BCUT2D eigenvalue weighted by Crippen LogP contribution is -1.98. The van der Waals surface area contributed by atoms with Crippen molar-refractivity contribution in [3.63, 3.8) is 0 Å². The molecule has 0 aliphatic carbocycles. The van der Waals surface area contributed by atoms with Crippen LogP contribution in [0.15, 0.2) is 86.0 Å². The standard InChI is InChI=1S/C24H22O2/c1-3-19-9-13-23(14-10-19)25-17-21-5-7-22(8-6-21)18-26-24-15-11-20(4-2)12-16-24/h3-16H,1-2,17-18H2. The lowest BCUT2D eigenvalue weighted by molar-refractivity contribution is 0.302. The van der Waals surface area contributed by atoms with E-state index in [9.17, 15) is 0 Å². The van der Waals surface area contributed by atoms with Crippen molar-refractivity contribution in [1.29, 1.82) is 0 Å². The van der Waals surface area contributed by atoms with Crippen LogP contribution in [0.25, 0.3) is 12.2 Å². The summed E-state index contributed by atoms with van der Waals surface area (Å²) in [5.74, 6) is 1.71. The molecule has 3 aromatic carbocycles. The maximum absolute atomic E-state index is 5.81. The molecule has 0 aliphatic heterocycles. The number of rotatable bonds is 8. The Kier molecular flexibility index (Phi) is 5.89. The first-order chi connectivity index (χ1) is 12.8. The summed E-state index contributed by atoms with van der Waals surface area (Å²) < 4.78 is 11.6. The van der Waals surface area contributed by atoms with Gasteiger partial charge >= 0.3 is 0 Å². The fraction of sp³-hybridized carbons (Fsp3) is 0.0833. The predicted octanol–water partition coefficient (Wildman–Crippen LogP) is 6.13. The van der Waals surface area contributed by atoms with Gasteiger partial charge in [-0.25, -0.2) is 0 Å². The highest BCUT2D eigenvalue weighted by molar-refractivity contribution is 5.49. The fourth-order valence-corrected chi connectivity index (χ4v) is 2.47. The van der Waals surface area contributed by atoms with Gasteiger partial charge in [0.1, 0.15) is 24.7 Å². The smallest absolute Gasteiger partial charge is 0.119 e. The second kappa shape index (κ2) is 8.72. The van der Waals surface area contributed by atoms with Crippen molar-refractivity contribution in [2.75, 3.05) is 0 Å². The molecule has 0 saturated carbocycles. The molecule has 0 aromatic heterocycles. The molecule has 0 aliphatic rings. The van der Waals surface area contributed by atoms with E-state index >= 15 is 0 Å². The molecule has 3 aromatic rings. The van der Waals surface area contributed by atoms with Crippen LogP contribution in [0.4, 0.5) is 0 Å². The molecular weight excluding hydrogens is 320 g/mol. The third kappa shape index (κ3) is 4.87. The average molecular weight is 342 g/mol. The van der Waals surface area contributed by atoms with Gasteiger partial charge in [-0.15, -0.1) is 0 Å². The van der Waals surface area contributed by atoms with Crippen LogP contribution in [0.2, 0.25) is 0 Å². The first-order valence-electron chi connectivity index (χ1n) is 8.55. The van der Waals surface area contributed by atoms with Gasteiger partial charge in [0, 0.05) is 0 Å². The quantitative estimate of drug-likeness (QED) is 0.490. The molecule has 26 heavy (non-hydrogen) atoms. The van der Waals surface area contributed by atoms with Crippen molar-refractivity contribution < 1.29 is 9.47 Å². The molecule has 0 bridgehead atoms. The van der Waals surface area contributed by atoms with Gasteiger partial charge in [0.2, 0.25) is 0 Å². The Morgan fingerprint density at radius 1 is 0.538 bits per heavy atom. The normalized spacial score (nSPS) is 10.2. The summed E-state index contributed by atoms with van der Waals surface area (Å²) in [6.45, 7) is 8.58. The zero-order chi connectivity index (χ0) is 18.2. The van der Waals surface area contributed by atoms with E-state index in [0.29, 0.717) is 13.2 Å². The molecule has 0 amide bonds. The summed E-state index contributed by atoms with van der Waals surface area (Å²) in [5.41, 5.74) is 4.41. The number of benzene rings is 3. The maximum atomic E-state index is 5.81. The van der Waals surface area contributed by atoms with Crippen LogP contribution >= 0.6 is 0 Å². The molecule has 0 heterocycles. The molecule has 0 fully saturated rings. The van der Waals surface area contributed by atoms with Crippen molar-refractivity contribution in [3.05, 3.63) is 108 Å². The van der Waals surface area contributed by atoms with Gasteiger partial charge in [0.05, 0.1) is 0 Å². The van der Waals surface area contributed by atoms with E-state index in [1.54, 1.807) is 0 Å². The van der Waals surface area contributed by atoms with Gasteiger partial charge in [-0.2, -0.15) is 0 Å². The molecule has 2 heteroatoms. The van der Waals surface area contributed by atoms with E-state index < -0.39 is 0 Å². The molecule has 2 nitrogen and oxygen atoms in total. The van der Waals surface area contributed by atoms with Gasteiger partial charge in [0.25, 0.3) is 0 Å². The Morgan fingerprint density at radius 3 is 1.19 bits per heavy atom. The molecule has 0 saturated heterocycles. The molecule has 3 rings (SSSR count). The lowest BCUT2D eigenvalue weighted by Gasteiger charge is -2.09. The average Bonchev–Trinajstić information content (AvgIpc) is 2.72. The monoisotopic (exact) mass is 342 g/mol. The zero-order valence-corrected chi connectivity index (χ0v) is 14.7. The predicted molar refractivity (Wildman–Crippen MR) is 108 cm³/mol. The van der Waals surface area contributed by atoms with Crippen LogP contribution in [-0.2, 0) is 13.2 Å². The number of hydrogen-bond acceptors (Lipinski definition) is 2. The van der Waals surface area contributed by atoms with Gasteiger partial charge in [-0.05, 0) is 46.5 Å².